The van der Waals surface area contributed by atoms with E-state index >= 15 is 0 Å². The summed E-state index contributed by atoms with van der Waals surface area (Å²) >= 11 is 0. The van der Waals surface area contributed by atoms with Crippen molar-refractivity contribution in [2.24, 2.45) is 0 Å². The first kappa shape index (κ1) is 18.4. The number of rotatable bonds is 0. The fourth-order valence-corrected chi connectivity index (χ4v) is 0. The van der Waals surface area contributed by atoms with E-state index in [1.165, 1.54) is 10.1 Å². The zero-order chi connectivity index (χ0) is 2.00. The third kappa shape index (κ3) is 10.3. The first-order chi connectivity index (χ1) is 1.00. The fourth-order valence-electron chi connectivity index (χ4n) is 0. The van der Waals surface area contributed by atoms with E-state index in [-0.39, 0.29) is 34.1 Å². The van der Waals surface area contributed by atoms with Crippen LogP contribution in [0.5, 0.6) is 0 Å². The second-order valence-electron chi connectivity index (χ2n) is 0. The average Bonchev–Trinajstić information content (AvgIpc) is 1.00. The SMILES string of the molecule is B[SiH3].[Cu].[Fe]. The molecule has 0 bridgehead atoms. The molecule has 0 spiro atoms. The summed E-state index contributed by atoms with van der Waals surface area (Å²) in [5, 5.41) is 0. The molecular weight excluding hydrogens is 158 g/mol. The number of hydrogen-bond donors (Lipinski definition) is 0. The second-order valence-corrected chi connectivity index (χ2v) is 0. The summed E-state index contributed by atoms with van der Waals surface area (Å²) in [4.78, 5) is 0. The number of hydrogen-bond acceptors (Lipinski definition) is 0. The normalized spacial score (nSPS) is 2.00. The Morgan fingerprint density at radius 1 is 1.25 bits per heavy atom. The Kier molecular flexibility index (Phi) is 126. The van der Waals surface area contributed by atoms with Crippen molar-refractivity contribution in [1.29, 1.82) is 0 Å². The second kappa shape index (κ2) is 27.3. The van der Waals surface area contributed by atoms with Crippen molar-refractivity contribution in [1.82, 2.24) is 0 Å². The summed E-state index contributed by atoms with van der Waals surface area (Å²) in [6, 6.07) is 0. The maximum Gasteiger partial charge on any atom is 0.0852 e. The zero-order valence-corrected chi connectivity index (χ0v) is 6.70. The molecule has 1 radical (unpaired) electrons. The zero-order valence-electron chi connectivity index (χ0n) is 2.66. The standard InChI is InChI=1S/BH5Si.Cu.Fe/c1-2;;/h1H2,2H3;;. The molecule has 0 aromatic heterocycles. The molecule has 0 aliphatic heterocycles. The van der Waals surface area contributed by atoms with Crippen molar-refractivity contribution >= 4 is 17.6 Å². The van der Waals surface area contributed by atoms with Gasteiger partial charge in [-0.15, -0.1) is 0 Å². The van der Waals surface area contributed by atoms with Crippen LogP contribution in [0.15, 0.2) is 0 Å². The Hall–Kier alpha value is 1.32. The molecule has 0 aromatic rings. The van der Waals surface area contributed by atoms with Gasteiger partial charge in [-0.3, -0.25) is 0 Å². The summed E-state index contributed by atoms with van der Waals surface area (Å²) < 4.78 is 0. The molecule has 0 N–H and O–H groups in total. The van der Waals surface area contributed by atoms with Gasteiger partial charge in [0.2, 0.25) is 0 Å². The minimum Gasteiger partial charge on any atom is -0.0304 e. The van der Waals surface area contributed by atoms with E-state index in [4.69, 9.17) is 0 Å². The van der Waals surface area contributed by atoms with Crippen molar-refractivity contribution in [3.8, 4) is 0 Å². The molecule has 0 saturated carbocycles. The maximum atomic E-state index is 2.14. The molecule has 0 unspecified atom stereocenters. The Morgan fingerprint density at radius 2 is 1.25 bits per heavy atom. The van der Waals surface area contributed by atoms with Gasteiger partial charge in [-0.25, -0.2) is 0 Å². The molecule has 0 aliphatic rings. The van der Waals surface area contributed by atoms with Crippen molar-refractivity contribution in [2.45, 2.75) is 0 Å². The van der Waals surface area contributed by atoms with Crippen LogP contribution in [0.1, 0.15) is 0 Å². The molecule has 0 aliphatic carbocycles. The largest absolute Gasteiger partial charge is 0.0852 e. The topological polar surface area (TPSA) is 0 Å². The summed E-state index contributed by atoms with van der Waals surface area (Å²) in [6.07, 6.45) is 0. The van der Waals surface area contributed by atoms with Crippen LogP contribution >= 0.6 is 0 Å². The molecule has 0 amide bonds. The fraction of sp³-hybridized carbons (Fsp3) is 0. The van der Waals surface area contributed by atoms with Crippen molar-refractivity contribution < 1.29 is 34.1 Å². The third-order valence-corrected chi connectivity index (χ3v) is 0. The van der Waals surface area contributed by atoms with E-state index in [2.05, 4.69) is 7.44 Å². The van der Waals surface area contributed by atoms with Crippen LogP contribution < -0.4 is 0 Å². The molecule has 0 rings (SSSR count). The molecule has 0 heterocycles. The van der Waals surface area contributed by atoms with Gasteiger partial charge in [0.1, 0.15) is 0 Å². The molecule has 0 aromatic carbocycles. The van der Waals surface area contributed by atoms with E-state index in [9.17, 15) is 0 Å². The minimum atomic E-state index is 0. The average molecular weight is 163 g/mol. The minimum absolute atomic E-state index is 0. The van der Waals surface area contributed by atoms with E-state index in [1.54, 1.807) is 0 Å². The van der Waals surface area contributed by atoms with Gasteiger partial charge in [0.05, 0.1) is 7.44 Å². The van der Waals surface area contributed by atoms with Crippen LogP contribution in [-0.4, -0.2) is 17.6 Å². The molecule has 0 fully saturated rings. The van der Waals surface area contributed by atoms with E-state index in [1.807, 2.05) is 0 Å². The van der Waals surface area contributed by atoms with Crippen molar-refractivity contribution in [2.75, 3.05) is 0 Å². The molecule has 0 atom stereocenters. The van der Waals surface area contributed by atoms with Gasteiger partial charge in [-0.05, 0) is 10.1 Å². The first-order valence-electron chi connectivity index (χ1n) is 1.00. The van der Waals surface area contributed by atoms with Gasteiger partial charge in [0, 0.05) is 34.1 Å². The first-order valence-corrected chi connectivity index (χ1v) is 3.00. The Balaban J connectivity index is -0.00000000500. The Bertz CT molecular complexity index is 8.00. The van der Waals surface area contributed by atoms with Crippen molar-refractivity contribution in [3.05, 3.63) is 0 Å². The summed E-state index contributed by atoms with van der Waals surface area (Å²) in [5.74, 6) is 0. The Morgan fingerprint density at radius 3 is 1.25 bits per heavy atom. The van der Waals surface area contributed by atoms with Crippen LogP contribution in [0, 0.1) is 0 Å². The van der Waals surface area contributed by atoms with Crippen LogP contribution in [0.25, 0.3) is 0 Å². The van der Waals surface area contributed by atoms with Gasteiger partial charge in [-0.2, -0.15) is 0 Å². The van der Waals surface area contributed by atoms with Gasteiger partial charge in [0.25, 0.3) is 0 Å². The summed E-state index contributed by atoms with van der Waals surface area (Å²) in [5.41, 5.74) is 0. The van der Waals surface area contributed by atoms with Crippen LogP contribution in [0.3, 0.4) is 0 Å². The summed E-state index contributed by atoms with van der Waals surface area (Å²) in [6.45, 7) is 0. The maximum absolute atomic E-state index is 2.14. The van der Waals surface area contributed by atoms with Gasteiger partial charge in [-0.1, -0.05) is 0 Å². The summed E-state index contributed by atoms with van der Waals surface area (Å²) in [7, 11) is 3.44. The van der Waals surface area contributed by atoms with Gasteiger partial charge in [0.15, 0.2) is 0 Å². The smallest absolute Gasteiger partial charge is 0.0304 e. The van der Waals surface area contributed by atoms with Gasteiger partial charge < -0.3 is 0 Å². The van der Waals surface area contributed by atoms with Gasteiger partial charge >= 0.3 is 0 Å². The van der Waals surface area contributed by atoms with Crippen molar-refractivity contribution in [3.63, 3.8) is 0 Å². The molecule has 0 nitrogen and oxygen atoms in total. The van der Waals surface area contributed by atoms with Crippen LogP contribution in [-0.2, 0) is 34.1 Å². The Labute approximate surface area is 51.8 Å². The monoisotopic (exact) mass is 163 g/mol. The molecular formula is H5BCuFeSi. The van der Waals surface area contributed by atoms with E-state index in [0.29, 0.717) is 0 Å². The molecule has 4 heteroatoms. The van der Waals surface area contributed by atoms with Crippen LogP contribution in [0.4, 0.5) is 0 Å². The quantitative estimate of drug-likeness (QED) is 0.359. The molecule has 31 valence electrons. The third-order valence-electron chi connectivity index (χ3n) is 0. The predicted molar refractivity (Wildman–Crippen MR) is 18.5 cm³/mol. The van der Waals surface area contributed by atoms with E-state index in [0.717, 1.165) is 0 Å². The molecule has 4 heavy (non-hydrogen) atoms. The predicted octanol–water partition coefficient (Wildman–Crippen LogP) is -2.11. The van der Waals surface area contributed by atoms with Crippen LogP contribution in [0.2, 0.25) is 0 Å². The van der Waals surface area contributed by atoms with E-state index < -0.39 is 0 Å². The molecule has 0 saturated heterocycles.